The van der Waals surface area contributed by atoms with Crippen molar-refractivity contribution in [1.29, 1.82) is 0 Å². The van der Waals surface area contributed by atoms with Crippen molar-refractivity contribution in [3.05, 3.63) is 84.2 Å². The van der Waals surface area contributed by atoms with Gasteiger partial charge in [-0.1, -0.05) is 30.3 Å². The lowest BCUT2D eigenvalue weighted by Crippen LogP contribution is -2.13. The van der Waals surface area contributed by atoms with Crippen molar-refractivity contribution in [2.75, 3.05) is 5.32 Å². The summed E-state index contributed by atoms with van der Waals surface area (Å²) < 4.78 is 5.76. The minimum Gasteiger partial charge on any atom is -0.457 e. The minimum atomic E-state index is -0.245. The SMILES string of the molecule is Cc1cccc(C(=O)Nc2cccc(Oc3ccccc3)c2)n1. The largest absolute Gasteiger partial charge is 0.457 e. The zero-order valence-electron chi connectivity index (χ0n) is 12.7. The number of carbonyl (C=O) groups excluding carboxylic acids is 1. The fourth-order valence-electron chi connectivity index (χ4n) is 2.13. The molecule has 3 rings (SSSR count). The number of nitrogens with zero attached hydrogens (tertiary/aromatic N) is 1. The first-order valence-corrected chi connectivity index (χ1v) is 7.29. The van der Waals surface area contributed by atoms with Crippen LogP contribution in [0.2, 0.25) is 0 Å². The highest BCUT2D eigenvalue weighted by Gasteiger charge is 2.08. The molecule has 0 radical (unpaired) electrons. The van der Waals surface area contributed by atoms with Gasteiger partial charge in [0, 0.05) is 17.4 Å². The number of benzene rings is 2. The highest BCUT2D eigenvalue weighted by molar-refractivity contribution is 6.02. The van der Waals surface area contributed by atoms with Gasteiger partial charge in [0.2, 0.25) is 0 Å². The molecule has 0 aliphatic carbocycles. The van der Waals surface area contributed by atoms with E-state index in [1.807, 2.05) is 67.6 Å². The Kier molecular flexibility index (Phi) is 4.34. The van der Waals surface area contributed by atoms with Crippen molar-refractivity contribution in [2.24, 2.45) is 0 Å². The van der Waals surface area contributed by atoms with Gasteiger partial charge in [0.05, 0.1) is 0 Å². The zero-order valence-corrected chi connectivity index (χ0v) is 12.7. The summed E-state index contributed by atoms with van der Waals surface area (Å²) in [6, 6.07) is 22.1. The maximum Gasteiger partial charge on any atom is 0.274 e. The molecule has 1 aromatic heterocycles. The highest BCUT2D eigenvalue weighted by atomic mass is 16.5. The van der Waals surface area contributed by atoms with Crippen LogP contribution in [-0.2, 0) is 0 Å². The van der Waals surface area contributed by atoms with E-state index in [2.05, 4.69) is 10.3 Å². The predicted octanol–water partition coefficient (Wildman–Crippen LogP) is 4.43. The molecule has 0 saturated carbocycles. The molecule has 114 valence electrons. The topological polar surface area (TPSA) is 51.2 Å². The molecule has 1 N–H and O–H groups in total. The molecule has 1 heterocycles. The van der Waals surface area contributed by atoms with Gasteiger partial charge < -0.3 is 10.1 Å². The van der Waals surface area contributed by atoms with Crippen LogP contribution in [0.15, 0.2) is 72.8 Å². The van der Waals surface area contributed by atoms with E-state index in [9.17, 15) is 4.79 Å². The molecular formula is C19H16N2O2. The van der Waals surface area contributed by atoms with Gasteiger partial charge in [0.15, 0.2) is 0 Å². The van der Waals surface area contributed by atoms with E-state index in [1.165, 1.54) is 0 Å². The third kappa shape index (κ3) is 3.95. The van der Waals surface area contributed by atoms with Crippen LogP contribution in [-0.4, -0.2) is 10.9 Å². The highest BCUT2D eigenvalue weighted by Crippen LogP contribution is 2.24. The maximum atomic E-state index is 12.2. The molecule has 0 bridgehead atoms. The average molecular weight is 304 g/mol. The van der Waals surface area contributed by atoms with Crippen molar-refractivity contribution in [3.63, 3.8) is 0 Å². The number of nitrogens with one attached hydrogen (secondary N) is 1. The van der Waals surface area contributed by atoms with E-state index < -0.39 is 0 Å². The van der Waals surface area contributed by atoms with Crippen LogP contribution in [0.5, 0.6) is 11.5 Å². The normalized spacial score (nSPS) is 10.1. The number of ether oxygens (including phenoxy) is 1. The monoisotopic (exact) mass is 304 g/mol. The van der Waals surface area contributed by atoms with Gasteiger partial charge in [-0.25, -0.2) is 4.98 Å². The van der Waals surface area contributed by atoms with E-state index in [4.69, 9.17) is 4.74 Å². The number of rotatable bonds is 4. The maximum absolute atomic E-state index is 12.2. The second-order valence-electron chi connectivity index (χ2n) is 5.06. The Bertz CT molecular complexity index is 816. The molecule has 2 aromatic carbocycles. The number of amides is 1. The fourth-order valence-corrected chi connectivity index (χ4v) is 2.13. The summed E-state index contributed by atoms with van der Waals surface area (Å²) in [5.41, 5.74) is 1.85. The molecule has 0 aliphatic heterocycles. The van der Waals surface area contributed by atoms with Gasteiger partial charge in [-0.3, -0.25) is 4.79 Å². The number of hydrogen-bond donors (Lipinski definition) is 1. The summed E-state index contributed by atoms with van der Waals surface area (Å²) in [5, 5.41) is 2.83. The number of anilines is 1. The van der Waals surface area contributed by atoms with Crippen molar-refractivity contribution < 1.29 is 9.53 Å². The quantitative estimate of drug-likeness (QED) is 0.775. The van der Waals surface area contributed by atoms with Gasteiger partial charge in [-0.05, 0) is 43.3 Å². The minimum absolute atomic E-state index is 0.245. The first kappa shape index (κ1) is 14.8. The summed E-state index contributed by atoms with van der Waals surface area (Å²) in [7, 11) is 0. The van der Waals surface area contributed by atoms with E-state index in [-0.39, 0.29) is 5.91 Å². The molecule has 0 saturated heterocycles. The number of aryl methyl sites for hydroxylation is 1. The van der Waals surface area contributed by atoms with Gasteiger partial charge in [0.1, 0.15) is 17.2 Å². The Morgan fingerprint density at radius 2 is 1.65 bits per heavy atom. The van der Waals surface area contributed by atoms with Gasteiger partial charge in [-0.2, -0.15) is 0 Å². The second kappa shape index (κ2) is 6.75. The van der Waals surface area contributed by atoms with Crippen LogP contribution in [0.3, 0.4) is 0 Å². The van der Waals surface area contributed by atoms with Crippen LogP contribution >= 0.6 is 0 Å². The first-order valence-electron chi connectivity index (χ1n) is 7.29. The zero-order chi connectivity index (χ0) is 16.1. The molecule has 0 fully saturated rings. The Labute approximate surface area is 134 Å². The Morgan fingerprint density at radius 3 is 2.43 bits per heavy atom. The number of pyridine rings is 1. The third-order valence-corrected chi connectivity index (χ3v) is 3.19. The lowest BCUT2D eigenvalue weighted by atomic mass is 10.2. The fraction of sp³-hybridized carbons (Fsp3) is 0.0526. The van der Waals surface area contributed by atoms with Crippen LogP contribution in [0, 0.1) is 6.92 Å². The Hall–Kier alpha value is -3.14. The van der Waals surface area contributed by atoms with Gasteiger partial charge in [0.25, 0.3) is 5.91 Å². The van der Waals surface area contributed by atoms with Crippen LogP contribution in [0.4, 0.5) is 5.69 Å². The standard InChI is InChI=1S/C19H16N2O2/c1-14-7-5-12-18(20-14)19(22)21-15-8-6-11-17(13-15)23-16-9-3-2-4-10-16/h2-13H,1H3,(H,21,22). The summed E-state index contributed by atoms with van der Waals surface area (Å²) in [5.74, 6) is 1.16. The number of carbonyl (C=O) groups is 1. The molecule has 0 spiro atoms. The van der Waals surface area contributed by atoms with Crippen molar-refractivity contribution in [1.82, 2.24) is 4.98 Å². The van der Waals surface area contributed by atoms with E-state index in [1.54, 1.807) is 12.1 Å². The first-order chi connectivity index (χ1) is 11.2. The van der Waals surface area contributed by atoms with Crippen LogP contribution in [0.1, 0.15) is 16.2 Å². The molecule has 23 heavy (non-hydrogen) atoms. The molecule has 4 heteroatoms. The number of hydrogen-bond acceptors (Lipinski definition) is 3. The Balaban J connectivity index is 1.74. The lowest BCUT2D eigenvalue weighted by molar-refractivity contribution is 0.102. The van der Waals surface area contributed by atoms with E-state index in [0.29, 0.717) is 17.1 Å². The molecule has 0 unspecified atom stereocenters. The van der Waals surface area contributed by atoms with Crippen molar-refractivity contribution in [3.8, 4) is 11.5 Å². The second-order valence-corrected chi connectivity index (χ2v) is 5.06. The summed E-state index contributed by atoms with van der Waals surface area (Å²) in [6.45, 7) is 1.85. The molecule has 4 nitrogen and oxygen atoms in total. The summed E-state index contributed by atoms with van der Waals surface area (Å²) in [6.07, 6.45) is 0. The molecule has 0 aliphatic rings. The Morgan fingerprint density at radius 1 is 0.913 bits per heavy atom. The number of aromatic nitrogens is 1. The molecule has 1 amide bonds. The summed E-state index contributed by atoms with van der Waals surface area (Å²) in [4.78, 5) is 16.4. The molecule has 3 aromatic rings. The van der Waals surface area contributed by atoms with Crippen molar-refractivity contribution in [2.45, 2.75) is 6.92 Å². The van der Waals surface area contributed by atoms with Crippen LogP contribution < -0.4 is 10.1 Å². The van der Waals surface area contributed by atoms with E-state index in [0.717, 1.165) is 11.4 Å². The third-order valence-electron chi connectivity index (χ3n) is 3.19. The molecule has 0 atom stereocenters. The average Bonchev–Trinajstić information content (AvgIpc) is 2.56. The lowest BCUT2D eigenvalue weighted by Gasteiger charge is -2.09. The smallest absolute Gasteiger partial charge is 0.274 e. The van der Waals surface area contributed by atoms with Gasteiger partial charge >= 0.3 is 0 Å². The van der Waals surface area contributed by atoms with Crippen molar-refractivity contribution >= 4 is 11.6 Å². The number of para-hydroxylation sites is 1. The van der Waals surface area contributed by atoms with E-state index >= 15 is 0 Å². The van der Waals surface area contributed by atoms with Gasteiger partial charge in [-0.15, -0.1) is 0 Å². The molecular weight excluding hydrogens is 288 g/mol. The van der Waals surface area contributed by atoms with Crippen LogP contribution in [0.25, 0.3) is 0 Å². The summed E-state index contributed by atoms with van der Waals surface area (Å²) >= 11 is 0. The predicted molar refractivity (Wildman–Crippen MR) is 89.9 cm³/mol.